The van der Waals surface area contributed by atoms with Gasteiger partial charge >= 0.3 is 0 Å². The first-order valence-electron chi connectivity index (χ1n) is 4.24. The van der Waals surface area contributed by atoms with Crippen molar-refractivity contribution in [1.29, 1.82) is 0 Å². The second-order valence-electron chi connectivity index (χ2n) is 3.01. The molecule has 0 fully saturated rings. The summed E-state index contributed by atoms with van der Waals surface area (Å²) in [6, 6.07) is -0.417. The lowest BCUT2D eigenvalue weighted by molar-refractivity contribution is 0.168. The summed E-state index contributed by atoms with van der Waals surface area (Å²) < 4.78 is 12.6. The Morgan fingerprint density at radius 3 is 2.93 bits per heavy atom. The standard InChI is InChI=1S/C8H13FN4O/c1-5(14)6(10)2-12-8-4-11-3-7(9)13-8/h3-6,14H,2,10H2,1H3,(H,12,13). The molecular formula is C8H13FN4O. The molecule has 14 heavy (non-hydrogen) atoms. The molecule has 0 saturated carbocycles. The highest BCUT2D eigenvalue weighted by molar-refractivity contribution is 5.30. The number of aromatic nitrogens is 2. The van der Waals surface area contributed by atoms with E-state index in [9.17, 15) is 4.39 Å². The van der Waals surface area contributed by atoms with Gasteiger partial charge in [-0.25, -0.2) is 0 Å². The number of hydrogen-bond acceptors (Lipinski definition) is 5. The quantitative estimate of drug-likeness (QED) is 0.623. The smallest absolute Gasteiger partial charge is 0.233 e. The Morgan fingerprint density at radius 2 is 2.36 bits per heavy atom. The number of rotatable bonds is 4. The molecule has 0 aliphatic rings. The van der Waals surface area contributed by atoms with E-state index in [0.717, 1.165) is 6.20 Å². The second-order valence-corrected chi connectivity index (χ2v) is 3.01. The van der Waals surface area contributed by atoms with Crippen LogP contribution in [-0.4, -0.2) is 33.8 Å². The van der Waals surface area contributed by atoms with Crippen molar-refractivity contribution in [2.45, 2.75) is 19.1 Å². The van der Waals surface area contributed by atoms with Crippen LogP contribution in [0.3, 0.4) is 0 Å². The molecule has 0 aromatic carbocycles. The summed E-state index contributed by atoms with van der Waals surface area (Å²) in [5.74, 6) is -0.346. The van der Waals surface area contributed by atoms with Crippen molar-refractivity contribution in [2.24, 2.45) is 5.73 Å². The molecule has 1 aromatic heterocycles. The van der Waals surface area contributed by atoms with Crippen LogP contribution in [0.5, 0.6) is 0 Å². The molecule has 1 rings (SSSR count). The molecule has 0 aliphatic heterocycles. The van der Waals surface area contributed by atoms with E-state index in [0.29, 0.717) is 12.4 Å². The molecule has 78 valence electrons. The van der Waals surface area contributed by atoms with Gasteiger partial charge in [0.05, 0.1) is 18.5 Å². The van der Waals surface area contributed by atoms with Crippen LogP contribution in [-0.2, 0) is 0 Å². The normalized spacial score (nSPS) is 14.9. The Morgan fingerprint density at radius 1 is 1.64 bits per heavy atom. The Kier molecular flexibility index (Phi) is 3.73. The van der Waals surface area contributed by atoms with Gasteiger partial charge in [-0.2, -0.15) is 9.37 Å². The third kappa shape index (κ3) is 3.23. The Hall–Kier alpha value is -1.27. The summed E-state index contributed by atoms with van der Waals surface area (Å²) in [6.45, 7) is 1.90. The van der Waals surface area contributed by atoms with Crippen LogP contribution in [0.4, 0.5) is 10.2 Å². The van der Waals surface area contributed by atoms with Crippen LogP contribution >= 0.6 is 0 Å². The zero-order chi connectivity index (χ0) is 10.6. The van der Waals surface area contributed by atoms with Crippen molar-refractivity contribution in [3.8, 4) is 0 Å². The number of anilines is 1. The number of nitrogens with two attached hydrogens (primary N) is 1. The molecule has 2 atom stereocenters. The number of nitrogens with one attached hydrogen (secondary N) is 1. The SMILES string of the molecule is CC(O)C(N)CNc1cncc(F)n1. The zero-order valence-electron chi connectivity index (χ0n) is 7.81. The fourth-order valence-electron chi connectivity index (χ4n) is 0.820. The Balaban J connectivity index is 2.45. The van der Waals surface area contributed by atoms with Crippen LogP contribution in [0.15, 0.2) is 12.4 Å². The summed E-state index contributed by atoms with van der Waals surface area (Å²) in [6.07, 6.45) is 1.78. The topological polar surface area (TPSA) is 84.1 Å². The van der Waals surface area contributed by atoms with Crippen LogP contribution in [0.25, 0.3) is 0 Å². The first-order valence-corrected chi connectivity index (χ1v) is 4.24. The first-order chi connectivity index (χ1) is 6.59. The van der Waals surface area contributed by atoms with E-state index < -0.39 is 18.1 Å². The second kappa shape index (κ2) is 4.83. The molecule has 0 spiro atoms. The highest BCUT2D eigenvalue weighted by Crippen LogP contribution is 2.00. The summed E-state index contributed by atoms with van der Waals surface area (Å²) >= 11 is 0. The molecule has 0 saturated heterocycles. The highest BCUT2D eigenvalue weighted by atomic mass is 19.1. The fraction of sp³-hybridized carbons (Fsp3) is 0.500. The third-order valence-electron chi connectivity index (χ3n) is 1.74. The van der Waals surface area contributed by atoms with Crippen LogP contribution < -0.4 is 11.1 Å². The summed E-state index contributed by atoms with van der Waals surface area (Å²) in [5, 5.41) is 11.8. The van der Waals surface area contributed by atoms with E-state index in [1.165, 1.54) is 6.20 Å². The molecule has 0 radical (unpaired) electrons. The van der Waals surface area contributed by atoms with E-state index in [1.54, 1.807) is 6.92 Å². The molecule has 6 heteroatoms. The van der Waals surface area contributed by atoms with E-state index in [4.69, 9.17) is 10.8 Å². The number of halogens is 1. The molecule has 5 nitrogen and oxygen atoms in total. The van der Waals surface area contributed by atoms with Gasteiger partial charge in [0.2, 0.25) is 5.95 Å². The minimum Gasteiger partial charge on any atom is -0.392 e. The maximum absolute atomic E-state index is 12.6. The van der Waals surface area contributed by atoms with Gasteiger partial charge in [-0.3, -0.25) is 4.98 Å². The van der Waals surface area contributed by atoms with Crippen molar-refractivity contribution in [3.05, 3.63) is 18.3 Å². The first kappa shape index (κ1) is 10.8. The largest absolute Gasteiger partial charge is 0.392 e. The maximum atomic E-state index is 12.6. The molecule has 2 unspecified atom stereocenters. The number of nitrogens with zero attached hydrogens (tertiary/aromatic N) is 2. The molecule has 4 N–H and O–H groups in total. The molecule has 1 aromatic rings. The molecular weight excluding hydrogens is 187 g/mol. The van der Waals surface area contributed by atoms with Gasteiger partial charge in [-0.05, 0) is 6.92 Å². The van der Waals surface area contributed by atoms with E-state index >= 15 is 0 Å². The van der Waals surface area contributed by atoms with Gasteiger partial charge in [0, 0.05) is 12.6 Å². The number of hydrogen-bond donors (Lipinski definition) is 3. The van der Waals surface area contributed by atoms with Crippen molar-refractivity contribution >= 4 is 5.82 Å². The van der Waals surface area contributed by atoms with E-state index in [1.807, 2.05) is 0 Å². The van der Waals surface area contributed by atoms with Crippen LogP contribution in [0.2, 0.25) is 0 Å². The van der Waals surface area contributed by atoms with E-state index in [2.05, 4.69) is 15.3 Å². The van der Waals surface area contributed by atoms with Crippen molar-refractivity contribution in [3.63, 3.8) is 0 Å². The van der Waals surface area contributed by atoms with Gasteiger partial charge in [0.15, 0.2) is 0 Å². The Labute approximate surface area is 81.2 Å². The number of aliphatic hydroxyl groups is 1. The summed E-state index contributed by atoms with van der Waals surface area (Å²) in [5.41, 5.74) is 5.55. The van der Waals surface area contributed by atoms with Crippen LogP contribution in [0.1, 0.15) is 6.92 Å². The van der Waals surface area contributed by atoms with Gasteiger partial charge in [-0.15, -0.1) is 0 Å². The van der Waals surface area contributed by atoms with Crippen molar-refractivity contribution in [2.75, 3.05) is 11.9 Å². The van der Waals surface area contributed by atoms with Gasteiger partial charge in [-0.1, -0.05) is 0 Å². The molecule has 0 amide bonds. The predicted molar refractivity (Wildman–Crippen MR) is 50.1 cm³/mol. The highest BCUT2D eigenvalue weighted by Gasteiger charge is 2.08. The zero-order valence-corrected chi connectivity index (χ0v) is 7.81. The molecule has 0 aliphatic carbocycles. The minimum atomic E-state index is -0.652. The average Bonchev–Trinajstić information content (AvgIpc) is 2.14. The third-order valence-corrected chi connectivity index (χ3v) is 1.74. The van der Waals surface area contributed by atoms with Gasteiger partial charge in [0.25, 0.3) is 0 Å². The van der Waals surface area contributed by atoms with E-state index in [-0.39, 0.29) is 0 Å². The lowest BCUT2D eigenvalue weighted by atomic mass is 10.2. The summed E-state index contributed by atoms with van der Waals surface area (Å²) in [4.78, 5) is 7.13. The van der Waals surface area contributed by atoms with Gasteiger partial charge < -0.3 is 16.2 Å². The number of aliphatic hydroxyl groups excluding tert-OH is 1. The van der Waals surface area contributed by atoms with Gasteiger partial charge in [0.1, 0.15) is 5.82 Å². The minimum absolute atomic E-state index is 0.307. The summed E-state index contributed by atoms with van der Waals surface area (Å²) in [7, 11) is 0. The van der Waals surface area contributed by atoms with Crippen LogP contribution in [0, 0.1) is 5.95 Å². The lowest BCUT2D eigenvalue weighted by Crippen LogP contribution is -2.38. The average molecular weight is 200 g/mol. The molecule has 1 heterocycles. The van der Waals surface area contributed by atoms with Crippen molar-refractivity contribution in [1.82, 2.24) is 9.97 Å². The van der Waals surface area contributed by atoms with Crippen molar-refractivity contribution < 1.29 is 9.50 Å². The molecule has 0 bridgehead atoms. The lowest BCUT2D eigenvalue weighted by Gasteiger charge is -2.15. The maximum Gasteiger partial charge on any atom is 0.233 e. The monoisotopic (exact) mass is 200 g/mol. The Bertz CT molecular complexity index is 294. The fourth-order valence-corrected chi connectivity index (χ4v) is 0.820. The predicted octanol–water partition coefficient (Wildman–Crippen LogP) is -0.264.